The van der Waals surface area contributed by atoms with Gasteiger partial charge in [0.05, 0.1) is 11.0 Å². The fraction of sp³-hybridized carbons (Fsp3) is 0.125. The zero-order valence-electron chi connectivity index (χ0n) is 13.2. The highest BCUT2D eigenvalue weighted by Gasteiger charge is 2.30. The van der Waals surface area contributed by atoms with Crippen molar-refractivity contribution in [2.75, 3.05) is 16.8 Å². The fourth-order valence-electron chi connectivity index (χ4n) is 2.41. The molecule has 10 heteroatoms. The first-order chi connectivity index (χ1) is 12.2. The van der Waals surface area contributed by atoms with Crippen molar-refractivity contribution in [3.63, 3.8) is 0 Å². The lowest BCUT2D eigenvalue weighted by atomic mass is 10.3. The summed E-state index contributed by atoms with van der Waals surface area (Å²) in [4.78, 5) is 16.4. The van der Waals surface area contributed by atoms with Crippen LogP contribution in [-0.4, -0.2) is 21.8 Å². The minimum atomic E-state index is -4.77. The highest BCUT2D eigenvalue weighted by atomic mass is 19.4. The van der Waals surface area contributed by atoms with Crippen LogP contribution in [0.15, 0.2) is 42.5 Å². The van der Waals surface area contributed by atoms with Crippen molar-refractivity contribution in [1.29, 1.82) is 0 Å². The average molecular weight is 365 g/mol. The number of hydrogen-bond acceptors (Lipinski definition) is 5. The molecule has 5 N–H and O–H groups in total. The summed E-state index contributed by atoms with van der Waals surface area (Å²) in [6, 6.07) is 9.81. The summed E-state index contributed by atoms with van der Waals surface area (Å²) in [7, 11) is 0. The van der Waals surface area contributed by atoms with Gasteiger partial charge in [0.15, 0.2) is 0 Å². The maximum absolute atomic E-state index is 12.2. The Kier molecular flexibility index (Phi) is 4.33. The molecule has 26 heavy (non-hydrogen) atoms. The maximum Gasteiger partial charge on any atom is 0.573 e. The van der Waals surface area contributed by atoms with E-state index in [4.69, 9.17) is 11.5 Å². The number of ether oxygens (including phenoxy) is 1. The lowest BCUT2D eigenvalue weighted by Crippen LogP contribution is -2.20. The predicted octanol–water partition coefficient (Wildman–Crippen LogP) is 2.74. The molecule has 0 atom stereocenters. The number of alkyl halides is 3. The molecule has 7 nitrogen and oxygen atoms in total. The second-order valence-electron chi connectivity index (χ2n) is 5.42. The Morgan fingerprint density at radius 1 is 1.15 bits per heavy atom. The van der Waals surface area contributed by atoms with Crippen LogP contribution < -0.4 is 21.5 Å². The number of fused-ring (bicyclic) bond motifs is 1. The van der Waals surface area contributed by atoms with Gasteiger partial charge in [0.2, 0.25) is 11.9 Å². The minimum Gasteiger partial charge on any atom is -0.406 e. The van der Waals surface area contributed by atoms with Crippen molar-refractivity contribution in [2.24, 2.45) is 0 Å². The number of halogens is 3. The van der Waals surface area contributed by atoms with Crippen LogP contribution in [0.4, 0.5) is 30.5 Å². The number of carbonyl (C=O) groups excluding carboxylic acids is 1. The molecule has 0 bridgehead atoms. The Balaban J connectivity index is 1.71. The van der Waals surface area contributed by atoms with Crippen molar-refractivity contribution in [3.8, 4) is 5.75 Å². The van der Waals surface area contributed by atoms with Crippen LogP contribution in [0.3, 0.4) is 0 Å². The quantitative estimate of drug-likeness (QED) is 0.616. The van der Waals surface area contributed by atoms with Crippen molar-refractivity contribution >= 4 is 34.3 Å². The Morgan fingerprint density at radius 2 is 1.85 bits per heavy atom. The second kappa shape index (κ2) is 6.47. The van der Waals surface area contributed by atoms with Gasteiger partial charge in [-0.15, -0.1) is 13.2 Å². The number of benzene rings is 2. The molecular weight excluding hydrogens is 351 g/mol. The zero-order chi connectivity index (χ0) is 18.9. The number of nitrogens with two attached hydrogens (primary N) is 2. The zero-order valence-corrected chi connectivity index (χ0v) is 13.2. The van der Waals surface area contributed by atoms with Crippen molar-refractivity contribution < 1.29 is 22.7 Å². The van der Waals surface area contributed by atoms with Crippen LogP contribution in [-0.2, 0) is 11.3 Å². The second-order valence-corrected chi connectivity index (χ2v) is 5.42. The molecule has 0 unspecified atom stereocenters. The normalized spacial score (nSPS) is 11.5. The Hall–Kier alpha value is -3.43. The van der Waals surface area contributed by atoms with Gasteiger partial charge in [-0.05, 0) is 42.5 Å². The summed E-state index contributed by atoms with van der Waals surface area (Å²) in [5.41, 5.74) is 13.6. The number of aromatic nitrogens is 2. The Bertz CT molecular complexity index is 951. The molecule has 0 radical (unpaired) electrons. The van der Waals surface area contributed by atoms with E-state index < -0.39 is 12.3 Å². The third-order valence-corrected chi connectivity index (χ3v) is 3.48. The number of anilines is 3. The molecule has 2 aromatic carbocycles. The van der Waals surface area contributed by atoms with Crippen molar-refractivity contribution in [1.82, 2.24) is 9.55 Å². The Labute approximate surface area is 145 Å². The van der Waals surface area contributed by atoms with Gasteiger partial charge in [-0.1, -0.05) is 0 Å². The van der Waals surface area contributed by atoms with Crippen LogP contribution in [0.2, 0.25) is 0 Å². The van der Waals surface area contributed by atoms with E-state index in [1.807, 2.05) is 0 Å². The first-order valence-electron chi connectivity index (χ1n) is 7.38. The molecule has 136 valence electrons. The van der Waals surface area contributed by atoms with Crippen LogP contribution in [0, 0.1) is 0 Å². The summed E-state index contributed by atoms with van der Waals surface area (Å²) >= 11 is 0. The number of hydrogen-bond donors (Lipinski definition) is 3. The van der Waals surface area contributed by atoms with E-state index in [-0.39, 0.29) is 18.2 Å². The molecule has 1 amide bonds. The van der Waals surface area contributed by atoms with Gasteiger partial charge in [-0.25, -0.2) is 4.98 Å². The first-order valence-corrected chi connectivity index (χ1v) is 7.38. The monoisotopic (exact) mass is 365 g/mol. The van der Waals surface area contributed by atoms with Gasteiger partial charge in [0.1, 0.15) is 12.3 Å². The SMILES string of the molecule is Nc1ccc2nc(N)n(CC(=O)Nc3ccc(OC(F)(F)F)cc3)c2c1. The number of imidazole rings is 1. The molecule has 1 heterocycles. The van der Waals surface area contributed by atoms with Crippen LogP contribution in [0.1, 0.15) is 0 Å². The number of nitrogens with zero attached hydrogens (tertiary/aromatic N) is 2. The summed E-state index contributed by atoms with van der Waals surface area (Å²) in [5, 5.41) is 2.57. The number of rotatable bonds is 4. The molecule has 0 saturated heterocycles. The minimum absolute atomic E-state index is 0.132. The van der Waals surface area contributed by atoms with E-state index in [2.05, 4.69) is 15.0 Å². The van der Waals surface area contributed by atoms with Gasteiger partial charge >= 0.3 is 6.36 Å². The fourth-order valence-corrected chi connectivity index (χ4v) is 2.41. The predicted molar refractivity (Wildman–Crippen MR) is 90.3 cm³/mol. The molecule has 1 aromatic heterocycles. The van der Waals surface area contributed by atoms with E-state index >= 15 is 0 Å². The molecule has 3 aromatic rings. The first kappa shape index (κ1) is 17.4. The van der Waals surface area contributed by atoms with E-state index in [1.54, 1.807) is 18.2 Å². The van der Waals surface area contributed by atoms with E-state index in [0.717, 1.165) is 12.1 Å². The maximum atomic E-state index is 12.2. The van der Waals surface area contributed by atoms with Gasteiger partial charge in [-0.3, -0.25) is 4.79 Å². The van der Waals surface area contributed by atoms with Crippen LogP contribution >= 0.6 is 0 Å². The largest absolute Gasteiger partial charge is 0.573 e. The van der Waals surface area contributed by atoms with Crippen molar-refractivity contribution in [3.05, 3.63) is 42.5 Å². The lowest BCUT2D eigenvalue weighted by molar-refractivity contribution is -0.274. The van der Waals surface area contributed by atoms with Crippen molar-refractivity contribution in [2.45, 2.75) is 12.9 Å². The summed E-state index contributed by atoms with van der Waals surface area (Å²) < 4.78 is 41.7. The van der Waals surface area contributed by atoms with Crippen LogP contribution in [0.5, 0.6) is 5.75 Å². The number of nitrogens with one attached hydrogen (secondary N) is 1. The average Bonchev–Trinajstić information content (AvgIpc) is 2.83. The van der Waals surface area contributed by atoms with Crippen LogP contribution in [0.25, 0.3) is 11.0 Å². The third-order valence-electron chi connectivity index (χ3n) is 3.48. The van der Waals surface area contributed by atoms with Gasteiger partial charge in [0.25, 0.3) is 0 Å². The molecule has 0 aliphatic rings. The standard InChI is InChI=1S/C16H14F3N5O2/c17-16(18,19)26-11-4-2-10(3-5-11)22-14(25)8-24-13-7-9(20)1-6-12(13)23-15(24)21/h1-7H,8,20H2,(H2,21,23)(H,22,25). The molecule has 0 saturated carbocycles. The topological polar surface area (TPSA) is 108 Å². The van der Waals surface area contributed by atoms with Gasteiger partial charge in [-0.2, -0.15) is 0 Å². The third kappa shape index (κ3) is 3.97. The van der Waals surface area contributed by atoms with E-state index in [0.29, 0.717) is 22.4 Å². The smallest absolute Gasteiger partial charge is 0.406 e. The molecule has 0 aliphatic heterocycles. The number of carbonyl (C=O) groups is 1. The molecule has 0 fully saturated rings. The summed E-state index contributed by atoms with van der Waals surface area (Å²) in [5.74, 6) is -0.659. The molecule has 0 aliphatic carbocycles. The number of amides is 1. The highest BCUT2D eigenvalue weighted by molar-refractivity contribution is 5.92. The Morgan fingerprint density at radius 3 is 2.50 bits per heavy atom. The molecule has 0 spiro atoms. The van der Waals surface area contributed by atoms with Gasteiger partial charge in [0, 0.05) is 11.4 Å². The molecular formula is C16H14F3N5O2. The van der Waals surface area contributed by atoms with E-state index in [9.17, 15) is 18.0 Å². The molecule has 3 rings (SSSR count). The highest BCUT2D eigenvalue weighted by Crippen LogP contribution is 2.24. The number of nitrogen functional groups attached to an aromatic ring is 2. The van der Waals surface area contributed by atoms with E-state index in [1.165, 1.54) is 16.7 Å². The van der Waals surface area contributed by atoms with Gasteiger partial charge < -0.3 is 26.1 Å². The summed E-state index contributed by atoms with van der Waals surface area (Å²) in [6.45, 7) is -0.132. The lowest BCUT2D eigenvalue weighted by Gasteiger charge is -2.11. The summed E-state index contributed by atoms with van der Waals surface area (Å²) in [6.07, 6.45) is -4.77.